The van der Waals surface area contributed by atoms with Gasteiger partial charge in [-0.05, 0) is 12.8 Å². The highest BCUT2D eigenvalue weighted by atomic mass is 32.2. The minimum absolute atomic E-state index is 0.0788. The summed E-state index contributed by atoms with van der Waals surface area (Å²) in [5, 5.41) is 11.3. The Morgan fingerprint density at radius 1 is 1.47 bits per heavy atom. The molecule has 0 saturated carbocycles. The second kappa shape index (κ2) is 4.06. The fourth-order valence-electron chi connectivity index (χ4n) is 1.40. The molecule has 0 aromatic heterocycles. The van der Waals surface area contributed by atoms with Crippen LogP contribution in [-0.4, -0.2) is 38.7 Å². The molecule has 1 N–H and O–H groups in total. The molecule has 7 heteroatoms. The molecule has 1 fully saturated rings. The molecule has 1 aliphatic heterocycles. The predicted octanol–water partition coefficient (Wildman–Crippen LogP) is -0.187. The zero-order chi connectivity index (χ0) is 11.5. The number of hydrogen-bond acceptors (Lipinski definition) is 5. The summed E-state index contributed by atoms with van der Waals surface area (Å²) in [5.74, 6) is -0.158. The average molecular weight is 232 g/mol. The molecule has 1 rings (SSSR count). The number of rotatable bonds is 1. The third-order valence-corrected chi connectivity index (χ3v) is 4.07. The lowest BCUT2D eigenvalue weighted by molar-refractivity contribution is 0.160. The Labute approximate surface area is 88.1 Å². The topological polar surface area (TPSA) is 96.3 Å². The van der Waals surface area contributed by atoms with Crippen molar-refractivity contribution in [2.75, 3.05) is 18.6 Å². The summed E-state index contributed by atoms with van der Waals surface area (Å²) in [4.78, 5) is 11.0. The monoisotopic (exact) mass is 232 g/mol. The minimum Gasteiger partial charge on any atom is -0.453 e. The Balaban J connectivity index is 2.74. The van der Waals surface area contributed by atoms with Crippen LogP contribution in [0.3, 0.4) is 0 Å². The van der Waals surface area contributed by atoms with E-state index < -0.39 is 21.5 Å². The van der Waals surface area contributed by atoms with Crippen molar-refractivity contribution in [2.45, 2.75) is 18.4 Å². The summed E-state index contributed by atoms with van der Waals surface area (Å²) in [6.07, 6.45) is -0.488. The Morgan fingerprint density at radius 3 is 2.40 bits per heavy atom. The number of sulfone groups is 1. The van der Waals surface area contributed by atoms with Gasteiger partial charge in [-0.25, -0.2) is 13.2 Å². The molecule has 1 heterocycles. The molecule has 6 nitrogen and oxygen atoms in total. The average Bonchev–Trinajstić information content (AvgIpc) is 2.22. The Bertz CT molecular complexity index is 381. The summed E-state index contributed by atoms with van der Waals surface area (Å²) in [5.41, 5.74) is -1.10. The van der Waals surface area contributed by atoms with Crippen LogP contribution in [0.4, 0.5) is 4.79 Å². The number of nitriles is 1. The third kappa shape index (κ3) is 2.83. The Kier molecular flexibility index (Phi) is 3.19. The van der Waals surface area contributed by atoms with Crippen LogP contribution in [0, 0.1) is 11.3 Å². The molecule has 15 heavy (non-hydrogen) atoms. The molecule has 1 amide bonds. The first-order valence-corrected chi connectivity index (χ1v) is 6.23. The quantitative estimate of drug-likeness (QED) is 0.676. The number of amides is 1. The summed E-state index contributed by atoms with van der Waals surface area (Å²) < 4.78 is 26.7. The van der Waals surface area contributed by atoms with Crippen LogP contribution in [-0.2, 0) is 14.6 Å². The van der Waals surface area contributed by atoms with Gasteiger partial charge in [-0.2, -0.15) is 5.26 Å². The van der Waals surface area contributed by atoms with Crippen LogP contribution >= 0.6 is 0 Å². The second-order valence-corrected chi connectivity index (χ2v) is 5.77. The zero-order valence-electron chi connectivity index (χ0n) is 8.32. The highest BCUT2D eigenvalue weighted by Crippen LogP contribution is 2.23. The summed E-state index contributed by atoms with van der Waals surface area (Å²) in [6.45, 7) is 0. The first kappa shape index (κ1) is 11.8. The molecule has 0 spiro atoms. The van der Waals surface area contributed by atoms with E-state index in [-0.39, 0.29) is 24.3 Å². The van der Waals surface area contributed by atoms with Gasteiger partial charge in [0, 0.05) is 0 Å². The molecule has 0 unspecified atom stereocenters. The Morgan fingerprint density at radius 2 is 2.00 bits per heavy atom. The van der Waals surface area contributed by atoms with E-state index in [1.165, 1.54) is 7.11 Å². The van der Waals surface area contributed by atoms with Crippen LogP contribution in [0.5, 0.6) is 0 Å². The van der Waals surface area contributed by atoms with Crippen LogP contribution in [0.2, 0.25) is 0 Å². The lowest BCUT2D eigenvalue weighted by Crippen LogP contribution is -2.52. The van der Waals surface area contributed by atoms with Crippen molar-refractivity contribution in [2.24, 2.45) is 0 Å². The maximum Gasteiger partial charge on any atom is 0.408 e. The molecular weight excluding hydrogens is 220 g/mol. The summed E-state index contributed by atoms with van der Waals surface area (Å²) in [6, 6.07) is 1.94. The normalized spacial score (nSPS) is 22.4. The third-order valence-electron chi connectivity index (χ3n) is 2.42. The highest BCUT2D eigenvalue weighted by molar-refractivity contribution is 7.91. The van der Waals surface area contributed by atoms with E-state index >= 15 is 0 Å². The van der Waals surface area contributed by atoms with Gasteiger partial charge in [0.25, 0.3) is 0 Å². The van der Waals surface area contributed by atoms with E-state index in [1.54, 1.807) is 0 Å². The summed E-state index contributed by atoms with van der Waals surface area (Å²) >= 11 is 0. The van der Waals surface area contributed by atoms with Gasteiger partial charge in [0.1, 0.15) is 5.54 Å². The molecule has 0 atom stereocenters. The van der Waals surface area contributed by atoms with Crippen LogP contribution in [0.15, 0.2) is 0 Å². The number of ether oxygens (including phenoxy) is 1. The molecule has 1 aliphatic rings. The maximum atomic E-state index is 11.2. The SMILES string of the molecule is COC(=O)NC1(C#N)CCS(=O)(=O)CC1. The summed E-state index contributed by atoms with van der Waals surface area (Å²) in [7, 11) is -1.86. The molecule has 0 aliphatic carbocycles. The lowest BCUT2D eigenvalue weighted by atomic mass is 9.94. The van der Waals surface area contributed by atoms with Crippen molar-refractivity contribution in [3.63, 3.8) is 0 Å². The fraction of sp³-hybridized carbons (Fsp3) is 0.750. The van der Waals surface area contributed by atoms with Crippen molar-refractivity contribution in [1.82, 2.24) is 5.32 Å². The highest BCUT2D eigenvalue weighted by Gasteiger charge is 2.39. The van der Waals surface area contributed by atoms with E-state index in [9.17, 15) is 13.2 Å². The van der Waals surface area contributed by atoms with Gasteiger partial charge in [-0.3, -0.25) is 0 Å². The largest absolute Gasteiger partial charge is 0.453 e. The number of hydrogen-bond donors (Lipinski definition) is 1. The van der Waals surface area contributed by atoms with Crippen molar-refractivity contribution < 1.29 is 17.9 Å². The van der Waals surface area contributed by atoms with Crippen LogP contribution in [0.1, 0.15) is 12.8 Å². The van der Waals surface area contributed by atoms with Crippen LogP contribution in [0.25, 0.3) is 0 Å². The van der Waals surface area contributed by atoms with E-state index in [0.717, 1.165) is 0 Å². The van der Waals surface area contributed by atoms with Crippen molar-refractivity contribution in [3.05, 3.63) is 0 Å². The van der Waals surface area contributed by atoms with E-state index in [2.05, 4.69) is 10.1 Å². The van der Waals surface area contributed by atoms with E-state index in [0.29, 0.717) is 0 Å². The van der Waals surface area contributed by atoms with Gasteiger partial charge in [-0.1, -0.05) is 0 Å². The van der Waals surface area contributed by atoms with Gasteiger partial charge < -0.3 is 10.1 Å². The smallest absolute Gasteiger partial charge is 0.408 e. The van der Waals surface area contributed by atoms with Gasteiger partial charge in [0.05, 0.1) is 24.7 Å². The van der Waals surface area contributed by atoms with Gasteiger partial charge in [0.2, 0.25) is 0 Å². The Hall–Kier alpha value is -1.29. The van der Waals surface area contributed by atoms with E-state index in [4.69, 9.17) is 5.26 Å². The number of methoxy groups -OCH3 is 1. The number of carbonyl (C=O) groups is 1. The van der Waals surface area contributed by atoms with Gasteiger partial charge in [0.15, 0.2) is 9.84 Å². The molecule has 0 bridgehead atoms. The number of nitrogens with zero attached hydrogens (tertiary/aromatic N) is 1. The van der Waals surface area contributed by atoms with Crippen molar-refractivity contribution in [3.8, 4) is 6.07 Å². The standard InChI is InChI=1S/C8H12N2O4S/c1-14-7(11)10-8(6-9)2-4-15(12,13)5-3-8/h2-5H2,1H3,(H,10,11). The number of alkyl carbamates (subject to hydrolysis) is 1. The van der Waals surface area contributed by atoms with Gasteiger partial charge >= 0.3 is 6.09 Å². The molecule has 0 radical (unpaired) electrons. The van der Waals surface area contributed by atoms with Crippen molar-refractivity contribution in [1.29, 1.82) is 5.26 Å². The first-order valence-electron chi connectivity index (χ1n) is 4.41. The molecule has 0 aromatic carbocycles. The molecular formula is C8H12N2O4S. The fourth-order valence-corrected chi connectivity index (χ4v) is 2.92. The van der Waals surface area contributed by atoms with Gasteiger partial charge in [-0.15, -0.1) is 0 Å². The minimum atomic E-state index is -3.05. The zero-order valence-corrected chi connectivity index (χ0v) is 9.13. The first-order chi connectivity index (χ1) is 6.93. The molecule has 84 valence electrons. The number of carbonyl (C=O) groups excluding carboxylic acids is 1. The number of nitrogens with one attached hydrogen (secondary N) is 1. The molecule has 0 aromatic rings. The maximum absolute atomic E-state index is 11.2. The van der Waals surface area contributed by atoms with Crippen molar-refractivity contribution >= 4 is 15.9 Å². The van der Waals surface area contributed by atoms with Crippen LogP contribution < -0.4 is 5.32 Å². The predicted molar refractivity (Wildman–Crippen MR) is 51.8 cm³/mol. The van der Waals surface area contributed by atoms with E-state index in [1.807, 2.05) is 6.07 Å². The lowest BCUT2D eigenvalue weighted by Gasteiger charge is -2.30. The second-order valence-electron chi connectivity index (χ2n) is 3.46. The molecule has 1 saturated heterocycles.